The van der Waals surface area contributed by atoms with Crippen molar-refractivity contribution < 1.29 is 14.0 Å². The smallest absolute Gasteiger partial charge is 0.260 e. The van der Waals surface area contributed by atoms with E-state index in [-0.39, 0.29) is 12.5 Å². The van der Waals surface area contributed by atoms with Gasteiger partial charge in [0.25, 0.3) is 5.91 Å². The van der Waals surface area contributed by atoms with E-state index >= 15 is 0 Å². The molecule has 0 radical (unpaired) electrons. The first-order chi connectivity index (χ1) is 10.8. The quantitative estimate of drug-likeness (QED) is 0.857. The molecule has 0 saturated carbocycles. The van der Waals surface area contributed by atoms with Crippen molar-refractivity contribution in [3.63, 3.8) is 0 Å². The van der Waals surface area contributed by atoms with Crippen molar-refractivity contribution in [1.29, 1.82) is 0 Å². The van der Waals surface area contributed by atoms with Gasteiger partial charge in [0.05, 0.1) is 6.54 Å². The number of imide groups is 1. The molecule has 0 aliphatic carbocycles. The summed E-state index contributed by atoms with van der Waals surface area (Å²) in [4.78, 5) is 26.6. The molecule has 3 nitrogen and oxygen atoms in total. The molecular formula is C19H20FNO2. The molecule has 0 aliphatic rings. The minimum Gasteiger partial charge on any atom is -0.274 e. The summed E-state index contributed by atoms with van der Waals surface area (Å²) >= 11 is 0. The van der Waals surface area contributed by atoms with Gasteiger partial charge in [0, 0.05) is 11.0 Å². The minimum absolute atomic E-state index is 0.188. The molecule has 0 N–H and O–H groups in total. The van der Waals surface area contributed by atoms with E-state index in [2.05, 4.69) is 0 Å². The predicted octanol–water partition coefficient (Wildman–Crippen LogP) is 4.04. The van der Waals surface area contributed by atoms with Crippen LogP contribution in [-0.2, 0) is 11.3 Å². The maximum atomic E-state index is 13.1. The lowest BCUT2D eigenvalue weighted by Gasteiger charge is -2.28. The largest absolute Gasteiger partial charge is 0.274 e. The van der Waals surface area contributed by atoms with Crippen molar-refractivity contribution in [1.82, 2.24) is 4.90 Å². The van der Waals surface area contributed by atoms with Crippen LogP contribution in [0.5, 0.6) is 0 Å². The molecule has 4 heteroatoms. The minimum atomic E-state index is -0.690. The molecule has 0 aromatic heterocycles. The highest BCUT2D eigenvalue weighted by Gasteiger charge is 2.32. The van der Waals surface area contributed by atoms with E-state index in [0.29, 0.717) is 5.56 Å². The van der Waals surface area contributed by atoms with Crippen LogP contribution in [0.1, 0.15) is 36.7 Å². The van der Waals surface area contributed by atoms with Gasteiger partial charge < -0.3 is 0 Å². The lowest BCUT2D eigenvalue weighted by molar-refractivity contribution is -0.137. The number of hydrogen-bond donors (Lipinski definition) is 0. The van der Waals surface area contributed by atoms with Crippen molar-refractivity contribution >= 4 is 11.8 Å². The van der Waals surface area contributed by atoms with E-state index in [0.717, 1.165) is 5.56 Å². The summed E-state index contributed by atoms with van der Waals surface area (Å²) in [5, 5.41) is 0. The van der Waals surface area contributed by atoms with E-state index in [1.165, 1.54) is 29.2 Å². The first-order valence-electron chi connectivity index (χ1n) is 7.45. The van der Waals surface area contributed by atoms with Crippen LogP contribution in [0.25, 0.3) is 0 Å². The molecule has 0 spiro atoms. The maximum absolute atomic E-state index is 13.1. The van der Waals surface area contributed by atoms with Crippen LogP contribution in [0.15, 0.2) is 54.6 Å². The Kier molecular flexibility index (Phi) is 4.94. The van der Waals surface area contributed by atoms with E-state index in [1.807, 2.05) is 30.3 Å². The Labute approximate surface area is 135 Å². The molecular weight excluding hydrogens is 293 g/mol. The van der Waals surface area contributed by atoms with Gasteiger partial charge in [-0.25, -0.2) is 4.39 Å². The standard InChI is InChI=1S/C19H20FNO2/c1-19(2,3)18(23)21(13-14-7-5-4-6-8-14)17(22)15-9-11-16(20)12-10-15/h4-12H,13H2,1-3H3. The fraction of sp³-hybridized carbons (Fsp3) is 0.263. The van der Waals surface area contributed by atoms with Crippen LogP contribution in [0.4, 0.5) is 4.39 Å². The third-order valence-electron chi connectivity index (χ3n) is 3.41. The van der Waals surface area contributed by atoms with Gasteiger partial charge in [-0.05, 0) is 29.8 Å². The van der Waals surface area contributed by atoms with Gasteiger partial charge in [-0.1, -0.05) is 51.1 Å². The Morgan fingerprint density at radius 1 is 0.957 bits per heavy atom. The van der Waals surface area contributed by atoms with Gasteiger partial charge in [-0.2, -0.15) is 0 Å². The summed E-state index contributed by atoms with van der Waals surface area (Å²) in [6, 6.07) is 14.5. The molecule has 0 fully saturated rings. The Morgan fingerprint density at radius 3 is 2.04 bits per heavy atom. The molecule has 120 valence electrons. The highest BCUT2D eigenvalue weighted by Crippen LogP contribution is 2.21. The Bertz CT molecular complexity index is 688. The number of halogens is 1. The van der Waals surface area contributed by atoms with Gasteiger partial charge in [-0.3, -0.25) is 14.5 Å². The highest BCUT2D eigenvalue weighted by atomic mass is 19.1. The van der Waals surface area contributed by atoms with E-state index in [9.17, 15) is 14.0 Å². The SMILES string of the molecule is CC(C)(C)C(=O)N(Cc1ccccc1)C(=O)c1ccc(F)cc1. The van der Waals surface area contributed by atoms with Crippen LogP contribution in [0.2, 0.25) is 0 Å². The predicted molar refractivity (Wildman–Crippen MR) is 87.2 cm³/mol. The zero-order chi connectivity index (χ0) is 17.0. The molecule has 2 aromatic rings. The number of carbonyl (C=O) groups excluding carboxylic acids is 2. The monoisotopic (exact) mass is 313 g/mol. The van der Waals surface area contributed by atoms with Crippen LogP contribution in [-0.4, -0.2) is 16.7 Å². The zero-order valence-corrected chi connectivity index (χ0v) is 13.5. The second-order valence-electron chi connectivity index (χ2n) is 6.44. The Balaban J connectivity index is 2.34. The molecule has 0 aliphatic heterocycles. The molecule has 23 heavy (non-hydrogen) atoms. The number of amides is 2. The van der Waals surface area contributed by atoms with Crippen LogP contribution < -0.4 is 0 Å². The van der Waals surface area contributed by atoms with Gasteiger partial charge >= 0.3 is 0 Å². The van der Waals surface area contributed by atoms with Crippen molar-refractivity contribution in [2.45, 2.75) is 27.3 Å². The lowest BCUT2D eigenvalue weighted by Crippen LogP contribution is -2.43. The van der Waals surface area contributed by atoms with Gasteiger partial charge in [0.2, 0.25) is 5.91 Å². The molecule has 0 bridgehead atoms. The van der Waals surface area contributed by atoms with E-state index in [1.54, 1.807) is 20.8 Å². The third-order valence-corrected chi connectivity index (χ3v) is 3.41. The summed E-state index contributed by atoms with van der Waals surface area (Å²) in [5.74, 6) is -1.11. The highest BCUT2D eigenvalue weighted by molar-refractivity contribution is 6.05. The van der Waals surface area contributed by atoms with Crippen LogP contribution >= 0.6 is 0 Å². The molecule has 2 aromatic carbocycles. The third kappa shape index (κ3) is 4.25. The molecule has 0 heterocycles. The van der Waals surface area contributed by atoms with Crippen molar-refractivity contribution in [2.75, 3.05) is 0 Å². The van der Waals surface area contributed by atoms with Gasteiger partial charge in [0.15, 0.2) is 0 Å². The second kappa shape index (κ2) is 6.73. The van der Waals surface area contributed by atoms with E-state index in [4.69, 9.17) is 0 Å². The van der Waals surface area contributed by atoms with Gasteiger partial charge in [0.1, 0.15) is 5.82 Å². The van der Waals surface area contributed by atoms with Crippen LogP contribution in [0.3, 0.4) is 0 Å². The first-order valence-corrected chi connectivity index (χ1v) is 7.45. The van der Waals surface area contributed by atoms with Crippen molar-refractivity contribution in [2.24, 2.45) is 5.41 Å². The average molecular weight is 313 g/mol. The fourth-order valence-electron chi connectivity index (χ4n) is 2.16. The number of carbonyl (C=O) groups is 2. The number of benzene rings is 2. The molecule has 2 amide bonds. The van der Waals surface area contributed by atoms with Crippen molar-refractivity contribution in [3.05, 3.63) is 71.5 Å². The van der Waals surface area contributed by atoms with Crippen LogP contribution in [0, 0.1) is 11.2 Å². The number of rotatable bonds is 3. The summed E-state index contributed by atoms with van der Waals surface area (Å²) in [6.45, 7) is 5.49. The fourth-order valence-corrected chi connectivity index (χ4v) is 2.16. The van der Waals surface area contributed by atoms with Gasteiger partial charge in [-0.15, -0.1) is 0 Å². The Hall–Kier alpha value is -2.49. The Morgan fingerprint density at radius 2 is 1.52 bits per heavy atom. The summed E-state index contributed by atoms with van der Waals surface area (Å²) in [7, 11) is 0. The topological polar surface area (TPSA) is 37.4 Å². The molecule has 0 unspecified atom stereocenters. The molecule has 0 saturated heterocycles. The number of nitrogens with zero attached hydrogens (tertiary/aromatic N) is 1. The summed E-state index contributed by atoms with van der Waals surface area (Å²) in [5.41, 5.74) is 0.463. The lowest BCUT2D eigenvalue weighted by atomic mass is 9.94. The summed E-state index contributed by atoms with van der Waals surface area (Å²) in [6.07, 6.45) is 0. The summed E-state index contributed by atoms with van der Waals surface area (Å²) < 4.78 is 13.1. The number of hydrogen-bond acceptors (Lipinski definition) is 2. The average Bonchev–Trinajstić information content (AvgIpc) is 2.52. The van der Waals surface area contributed by atoms with E-state index < -0.39 is 17.1 Å². The normalized spacial score (nSPS) is 11.1. The molecule has 2 rings (SSSR count). The second-order valence-corrected chi connectivity index (χ2v) is 6.44. The van der Waals surface area contributed by atoms with Crippen molar-refractivity contribution in [3.8, 4) is 0 Å². The zero-order valence-electron chi connectivity index (χ0n) is 13.5. The molecule has 0 atom stereocenters. The first kappa shape index (κ1) is 16.9. The maximum Gasteiger partial charge on any atom is 0.260 e.